The van der Waals surface area contributed by atoms with E-state index in [4.69, 9.17) is 9.47 Å². The van der Waals surface area contributed by atoms with E-state index >= 15 is 0 Å². The van der Waals surface area contributed by atoms with Crippen LogP contribution in [0, 0.1) is 0 Å². The van der Waals surface area contributed by atoms with Crippen molar-refractivity contribution in [1.29, 1.82) is 0 Å². The lowest BCUT2D eigenvalue weighted by molar-refractivity contribution is 0.0950. The zero-order valence-corrected chi connectivity index (χ0v) is 14.7. The molecule has 25 heavy (non-hydrogen) atoms. The summed E-state index contributed by atoms with van der Waals surface area (Å²) in [4.78, 5) is 12.5. The normalized spacial score (nSPS) is 12.6. The number of carbonyl (C=O) groups excluding carboxylic acids is 1. The van der Waals surface area contributed by atoms with E-state index in [9.17, 15) is 4.79 Å². The number of ether oxygens (including phenoxy) is 2. The standard InChI is InChI=1S/C20H24N2O3/c1-3-24-18-8-7-15(10-19(18)25-4-2)20(23)22-11-14-5-6-16-12-21-13-17(16)9-14/h5-10,21H,3-4,11-13H2,1-2H3,(H,22,23). The van der Waals surface area contributed by atoms with Crippen LogP contribution >= 0.6 is 0 Å². The van der Waals surface area contributed by atoms with Gasteiger partial charge in [-0.25, -0.2) is 0 Å². The summed E-state index contributed by atoms with van der Waals surface area (Å²) in [6, 6.07) is 11.6. The zero-order chi connectivity index (χ0) is 17.6. The largest absolute Gasteiger partial charge is 0.490 e. The van der Waals surface area contributed by atoms with Crippen molar-refractivity contribution in [2.24, 2.45) is 0 Å². The molecule has 0 spiro atoms. The first kappa shape index (κ1) is 17.3. The molecule has 2 N–H and O–H groups in total. The molecule has 0 aromatic heterocycles. The molecule has 1 aliphatic rings. The van der Waals surface area contributed by atoms with Gasteiger partial charge < -0.3 is 20.1 Å². The maximum absolute atomic E-state index is 12.5. The number of carbonyl (C=O) groups is 1. The van der Waals surface area contributed by atoms with Crippen LogP contribution in [0.1, 0.15) is 40.9 Å². The lowest BCUT2D eigenvalue weighted by Gasteiger charge is -2.12. The highest BCUT2D eigenvalue weighted by Crippen LogP contribution is 2.28. The van der Waals surface area contributed by atoms with Crippen LogP contribution in [-0.2, 0) is 19.6 Å². The number of nitrogens with one attached hydrogen (secondary N) is 2. The maximum Gasteiger partial charge on any atom is 0.251 e. The number of amides is 1. The van der Waals surface area contributed by atoms with Gasteiger partial charge in [0.25, 0.3) is 5.91 Å². The molecule has 1 aliphatic heterocycles. The van der Waals surface area contributed by atoms with E-state index in [2.05, 4.69) is 28.8 Å². The SMILES string of the molecule is CCOc1ccc(C(=O)NCc2ccc3c(c2)CNC3)cc1OCC. The lowest BCUT2D eigenvalue weighted by Crippen LogP contribution is -2.23. The fourth-order valence-corrected chi connectivity index (χ4v) is 2.93. The molecule has 0 aliphatic carbocycles. The van der Waals surface area contributed by atoms with E-state index in [1.807, 2.05) is 13.8 Å². The molecule has 0 saturated carbocycles. The summed E-state index contributed by atoms with van der Waals surface area (Å²) < 4.78 is 11.1. The van der Waals surface area contributed by atoms with E-state index in [1.165, 1.54) is 11.1 Å². The minimum absolute atomic E-state index is 0.123. The number of hydrogen-bond acceptors (Lipinski definition) is 4. The molecule has 0 fully saturated rings. The summed E-state index contributed by atoms with van der Waals surface area (Å²) in [5.41, 5.74) is 4.32. The second-order valence-electron chi connectivity index (χ2n) is 5.92. The summed E-state index contributed by atoms with van der Waals surface area (Å²) >= 11 is 0. The Bertz CT molecular complexity index is 759. The van der Waals surface area contributed by atoms with Crippen molar-refractivity contribution in [2.45, 2.75) is 33.5 Å². The molecule has 0 unspecified atom stereocenters. The molecular formula is C20H24N2O3. The molecule has 0 saturated heterocycles. The van der Waals surface area contributed by atoms with Crippen molar-refractivity contribution < 1.29 is 14.3 Å². The molecule has 1 amide bonds. The van der Waals surface area contributed by atoms with Crippen LogP contribution in [0.15, 0.2) is 36.4 Å². The van der Waals surface area contributed by atoms with Crippen LogP contribution in [0.3, 0.4) is 0 Å². The Labute approximate surface area is 148 Å². The van der Waals surface area contributed by atoms with Crippen LogP contribution in [0.2, 0.25) is 0 Å². The molecule has 5 nitrogen and oxygen atoms in total. The van der Waals surface area contributed by atoms with Crippen molar-refractivity contribution in [3.05, 3.63) is 58.7 Å². The number of hydrogen-bond donors (Lipinski definition) is 2. The van der Waals surface area contributed by atoms with Crippen molar-refractivity contribution in [2.75, 3.05) is 13.2 Å². The van der Waals surface area contributed by atoms with Crippen molar-refractivity contribution in [3.63, 3.8) is 0 Å². The van der Waals surface area contributed by atoms with Crippen LogP contribution in [0.5, 0.6) is 11.5 Å². The number of fused-ring (bicyclic) bond motifs is 1. The molecule has 132 valence electrons. The number of rotatable bonds is 7. The third kappa shape index (κ3) is 4.12. The Morgan fingerprint density at radius 1 is 1.00 bits per heavy atom. The highest BCUT2D eigenvalue weighted by atomic mass is 16.5. The quantitative estimate of drug-likeness (QED) is 0.813. The zero-order valence-electron chi connectivity index (χ0n) is 14.7. The van der Waals surface area contributed by atoms with Crippen molar-refractivity contribution in [1.82, 2.24) is 10.6 Å². The van der Waals surface area contributed by atoms with Gasteiger partial charge in [-0.3, -0.25) is 4.79 Å². The number of benzene rings is 2. The van der Waals surface area contributed by atoms with Gasteiger partial charge in [0, 0.05) is 25.2 Å². The lowest BCUT2D eigenvalue weighted by atomic mass is 10.1. The first-order valence-electron chi connectivity index (χ1n) is 8.70. The highest BCUT2D eigenvalue weighted by Gasteiger charge is 2.13. The summed E-state index contributed by atoms with van der Waals surface area (Å²) in [5.74, 6) is 1.13. The third-order valence-corrected chi connectivity index (χ3v) is 4.16. The van der Waals surface area contributed by atoms with Gasteiger partial charge in [-0.1, -0.05) is 18.2 Å². The van der Waals surface area contributed by atoms with Crippen LogP contribution in [0.4, 0.5) is 0 Å². The van der Waals surface area contributed by atoms with E-state index in [1.54, 1.807) is 18.2 Å². The van der Waals surface area contributed by atoms with Gasteiger partial charge in [0.05, 0.1) is 13.2 Å². The predicted molar refractivity (Wildman–Crippen MR) is 96.9 cm³/mol. The minimum Gasteiger partial charge on any atom is -0.490 e. The smallest absolute Gasteiger partial charge is 0.251 e. The molecule has 2 aromatic carbocycles. The third-order valence-electron chi connectivity index (χ3n) is 4.16. The van der Waals surface area contributed by atoms with Crippen molar-refractivity contribution >= 4 is 5.91 Å². The second kappa shape index (κ2) is 8.03. The fraction of sp³-hybridized carbons (Fsp3) is 0.350. The molecule has 0 radical (unpaired) electrons. The predicted octanol–water partition coefficient (Wildman–Crippen LogP) is 3.02. The van der Waals surface area contributed by atoms with Gasteiger partial charge in [-0.2, -0.15) is 0 Å². The Balaban J connectivity index is 1.67. The van der Waals surface area contributed by atoms with Gasteiger partial charge in [0.1, 0.15) is 0 Å². The molecule has 0 atom stereocenters. The van der Waals surface area contributed by atoms with E-state index in [-0.39, 0.29) is 5.91 Å². The molecule has 1 heterocycles. The minimum atomic E-state index is -0.123. The summed E-state index contributed by atoms with van der Waals surface area (Å²) in [7, 11) is 0. The molecular weight excluding hydrogens is 316 g/mol. The van der Waals surface area contributed by atoms with Gasteiger partial charge >= 0.3 is 0 Å². The summed E-state index contributed by atoms with van der Waals surface area (Å²) in [6.07, 6.45) is 0. The van der Waals surface area contributed by atoms with Crippen LogP contribution < -0.4 is 20.1 Å². The molecule has 2 aromatic rings. The van der Waals surface area contributed by atoms with Gasteiger partial charge in [-0.15, -0.1) is 0 Å². The maximum atomic E-state index is 12.5. The summed E-state index contributed by atoms with van der Waals surface area (Å²) in [5, 5.41) is 6.30. The highest BCUT2D eigenvalue weighted by molar-refractivity contribution is 5.94. The Hall–Kier alpha value is -2.53. The average Bonchev–Trinajstić information content (AvgIpc) is 3.09. The fourth-order valence-electron chi connectivity index (χ4n) is 2.93. The van der Waals surface area contributed by atoms with Crippen LogP contribution in [-0.4, -0.2) is 19.1 Å². The van der Waals surface area contributed by atoms with Gasteiger partial charge in [-0.05, 0) is 48.7 Å². The van der Waals surface area contributed by atoms with Crippen molar-refractivity contribution in [3.8, 4) is 11.5 Å². The van der Waals surface area contributed by atoms with Crippen LogP contribution in [0.25, 0.3) is 0 Å². The van der Waals surface area contributed by atoms with E-state index in [0.29, 0.717) is 36.8 Å². The molecule has 5 heteroatoms. The molecule has 0 bridgehead atoms. The monoisotopic (exact) mass is 340 g/mol. The second-order valence-corrected chi connectivity index (χ2v) is 5.92. The van der Waals surface area contributed by atoms with E-state index in [0.717, 1.165) is 18.7 Å². The van der Waals surface area contributed by atoms with Gasteiger partial charge in [0.15, 0.2) is 11.5 Å². The topological polar surface area (TPSA) is 59.6 Å². The Morgan fingerprint density at radius 3 is 2.56 bits per heavy atom. The van der Waals surface area contributed by atoms with Gasteiger partial charge in [0.2, 0.25) is 0 Å². The van der Waals surface area contributed by atoms with E-state index < -0.39 is 0 Å². The average molecular weight is 340 g/mol. The first-order chi connectivity index (χ1) is 12.2. The Morgan fingerprint density at radius 2 is 1.76 bits per heavy atom. The first-order valence-corrected chi connectivity index (χ1v) is 8.70. The summed E-state index contributed by atoms with van der Waals surface area (Å²) in [6.45, 7) is 7.23. The molecule has 3 rings (SSSR count). The Kier molecular flexibility index (Phi) is 5.56.